The van der Waals surface area contributed by atoms with E-state index in [2.05, 4.69) is 9.97 Å². The van der Waals surface area contributed by atoms with E-state index in [0.717, 1.165) is 6.33 Å². The Bertz CT molecular complexity index is 727. The van der Waals surface area contributed by atoms with Crippen molar-refractivity contribution in [1.29, 1.82) is 0 Å². The van der Waals surface area contributed by atoms with Gasteiger partial charge in [0.25, 0.3) is 0 Å². The van der Waals surface area contributed by atoms with Gasteiger partial charge >= 0.3 is 5.97 Å². The van der Waals surface area contributed by atoms with Gasteiger partial charge in [0.05, 0.1) is 32.0 Å². The van der Waals surface area contributed by atoms with Crippen molar-refractivity contribution in [1.82, 2.24) is 9.97 Å². The summed E-state index contributed by atoms with van der Waals surface area (Å²) in [6.07, 6.45) is 1.08. The molecule has 20 heavy (non-hydrogen) atoms. The normalized spacial score (nSPS) is 10.6. The number of aromatic nitrogens is 2. The first kappa shape index (κ1) is 15.1. The van der Waals surface area contributed by atoms with E-state index in [0.29, 0.717) is 0 Å². The van der Waals surface area contributed by atoms with Gasteiger partial charge in [0.1, 0.15) is 5.69 Å². The summed E-state index contributed by atoms with van der Waals surface area (Å²) in [5.41, 5.74) is -0.842. The fourth-order valence-electron chi connectivity index (χ4n) is 1.52. The number of carboxylic acids is 1. The minimum atomic E-state index is -1.34. The van der Waals surface area contributed by atoms with Gasteiger partial charge in [-0.05, 0) is 6.07 Å². The van der Waals surface area contributed by atoms with Crippen LogP contribution >= 0.6 is 46.4 Å². The van der Waals surface area contributed by atoms with E-state index < -0.39 is 11.8 Å². The maximum atomic E-state index is 12.3. The minimum Gasteiger partial charge on any atom is -0.477 e. The second-order valence-electron chi connectivity index (χ2n) is 3.60. The first-order chi connectivity index (χ1) is 9.34. The van der Waals surface area contributed by atoms with Gasteiger partial charge < -0.3 is 10.1 Å². The molecule has 0 unspecified atom stereocenters. The van der Waals surface area contributed by atoms with Crippen molar-refractivity contribution in [2.75, 3.05) is 0 Å². The quantitative estimate of drug-likeness (QED) is 0.497. The number of aromatic amines is 1. The molecular formula is C11H4Cl4N2O3. The number of benzene rings is 1. The van der Waals surface area contributed by atoms with E-state index in [1.165, 1.54) is 6.07 Å². The Morgan fingerprint density at radius 2 is 1.75 bits per heavy atom. The molecule has 0 saturated heterocycles. The Morgan fingerprint density at radius 3 is 2.35 bits per heavy atom. The predicted molar refractivity (Wildman–Crippen MR) is 75.5 cm³/mol. The van der Waals surface area contributed by atoms with Crippen LogP contribution in [-0.4, -0.2) is 26.8 Å². The SMILES string of the molecule is O=C(O)c1[nH]cnc1C(=O)c1c(Cl)cc(Cl)c(Cl)c1Cl. The molecule has 5 nitrogen and oxygen atoms in total. The Hall–Kier alpha value is -1.27. The average Bonchev–Trinajstić information content (AvgIpc) is 2.85. The zero-order valence-electron chi connectivity index (χ0n) is 9.38. The molecule has 2 aromatic rings. The zero-order chi connectivity index (χ0) is 15.0. The number of carbonyl (C=O) groups excluding carboxylic acids is 1. The number of H-pyrrole nitrogens is 1. The van der Waals surface area contributed by atoms with Crippen molar-refractivity contribution < 1.29 is 14.7 Å². The lowest BCUT2D eigenvalue weighted by Gasteiger charge is -2.08. The van der Waals surface area contributed by atoms with E-state index in [1.807, 2.05) is 0 Å². The summed E-state index contributed by atoms with van der Waals surface area (Å²) < 4.78 is 0. The van der Waals surface area contributed by atoms with Gasteiger partial charge in [-0.15, -0.1) is 0 Å². The van der Waals surface area contributed by atoms with Crippen LogP contribution in [0.5, 0.6) is 0 Å². The van der Waals surface area contributed by atoms with Crippen LogP contribution in [-0.2, 0) is 0 Å². The molecule has 1 heterocycles. The first-order valence-corrected chi connectivity index (χ1v) is 6.50. The zero-order valence-corrected chi connectivity index (χ0v) is 12.4. The lowest BCUT2D eigenvalue weighted by molar-refractivity contribution is 0.0687. The van der Waals surface area contributed by atoms with E-state index in [1.54, 1.807) is 0 Å². The van der Waals surface area contributed by atoms with Crippen LogP contribution in [0.1, 0.15) is 26.5 Å². The van der Waals surface area contributed by atoms with Crippen LogP contribution < -0.4 is 0 Å². The van der Waals surface area contributed by atoms with Crippen LogP contribution in [0, 0.1) is 0 Å². The Morgan fingerprint density at radius 1 is 1.10 bits per heavy atom. The molecule has 104 valence electrons. The lowest BCUT2D eigenvalue weighted by Crippen LogP contribution is -2.11. The Balaban J connectivity index is 2.63. The summed E-state index contributed by atoms with van der Waals surface area (Å²) in [7, 11) is 0. The highest BCUT2D eigenvalue weighted by Crippen LogP contribution is 2.38. The summed E-state index contributed by atoms with van der Waals surface area (Å²) in [6.45, 7) is 0. The maximum absolute atomic E-state index is 12.3. The molecule has 0 bridgehead atoms. The molecule has 0 amide bonds. The molecule has 0 radical (unpaired) electrons. The first-order valence-electron chi connectivity index (χ1n) is 4.99. The molecule has 0 atom stereocenters. The van der Waals surface area contributed by atoms with Crippen LogP contribution in [0.3, 0.4) is 0 Å². The van der Waals surface area contributed by atoms with Gasteiger partial charge in [0.2, 0.25) is 5.78 Å². The average molecular weight is 354 g/mol. The number of halogens is 4. The predicted octanol–water partition coefficient (Wildman–Crippen LogP) is 3.95. The number of hydrogen-bond donors (Lipinski definition) is 2. The number of carbonyl (C=O) groups is 2. The third-order valence-corrected chi connectivity index (χ3v) is 3.97. The van der Waals surface area contributed by atoms with E-state index in [9.17, 15) is 9.59 Å². The molecule has 2 rings (SSSR count). The molecule has 0 aliphatic heterocycles. The number of carboxylic acid groups (broad SMARTS) is 1. The fraction of sp³-hybridized carbons (Fsp3) is 0. The smallest absolute Gasteiger partial charge is 0.354 e. The van der Waals surface area contributed by atoms with Crippen molar-refractivity contribution in [2.24, 2.45) is 0 Å². The number of hydrogen-bond acceptors (Lipinski definition) is 3. The molecule has 0 saturated carbocycles. The number of rotatable bonds is 3. The van der Waals surface area contributed by atoms with Crippen molar-refractivity contribution in [3.05, 3.63) is 49.4 Å². The summed E-state index contributed by atoms with van der Waals surface area (Å²) in [4.78, 5) is 29.3. The number of aromatic carboxylic acids is 1. The largest absolute Gasteiger partial charge is 0.477 e. The second kappa shape index (κ2) is 5.61. The van der Waals surface area contributed by atoms with E-state index in [4.69, 9.17) is 51.5 Å². The molecular weight excluding hydrogens is 350 g/mol. The summed E-state index contributed by atoms with van der Waals surface area (Å²) >= 11 is 23.5. The van der Waals surface area contributed by atoms with Crippen molar-refractivity contribution in [2.45, 2.75) is 0 Å². The number of nitrogens with one attached hydrogen (secondary N) is 1. The second-order valence-corrected chi connectivity index (χ2v) is 5.17. The standard InChI is InChI=1S/C11H4Cl4N2O3/c12-3-1-4(13)6(14)7(15)5(3)10(18)8-9(11(19)20)17-2-16-8/h1-2H,(H,16,17)(H,19,20). The van der Waals surface area contributed by atoms with Gasteiger partial charge in [-0.25, -0.2) is 9.78 Å². The fourth-order valence-corrected chi connectivity index (χ4v) is 2.61. The molecule has 1 aromatic carbocycles. The van der Waals surface area contributed by atoms with Gasteiger partial charge in [-0.2, -0.15) is 0 Å². The minimum absolute atomic E-state index is 0.0475. The van der Waals surface area contributed by atoms with Gasteiger partial charge in [0, 0.05) is 0 Å². The van der Waals surface area contributed by atoms with Crippen LogP contribution in [0.25, 0.3) is 0 Å². The molecule has 0 aliphatic rings. The van der Waals surface area contributed by atoms with Crippen LogP contribution in [0.2, 0.25) is 20.1 Å². The highest BCUT2D eigenvalue weighted by molar-refractivity contribution is 6.51. The van der Waals surface area contributed by atoms with Crippen molar-refractivity contribution in [3.8, 4) is 0 Å². The van der Waals surface area contributed by atoms with E-state index >= 15 is 0 Å². The highest BCUT2D eigenvalue weighted by Gasteiger charge is 2.26. The Kier molecular flexibility index (Phi) is 4.25. The molecule has 2 N–H and O–H groups in total. The Labute approximate surface area is 132 Å². The van der Waals surface area contributed by atoms with Crippen molar-refractivity contribution in [3.63, 3.8) is 0 Å². The van der Waals surface area contributed by atoms with Crippen LogP contribution in [0.15, 0.2) is 12.4 Å². The molecule has 1 aromatic heterocycles. The summed E-state index contributed by atoms with van der Waals surface area (Å²) in [5.74, 6) is -2.10. The molecule has 0 fully saturated rings. The maximum Gasteiger partial charge on any atom is 0.354 e. The number of imidazole rings is 1. The van der Waals surface area contributed by atoms with Gasteiger partial charge in [0.15, 0.2) is 5.69 Å². The third kappa shape index (κ3) is 2.50. The third-order valence-electron chi connectivity index (χ3n) is 2.41. The number of nitrogens with zero attached hydrogens (tertiary/aromatic N) is 1. The van der Waals surface area contributed by atoms with Gasteiger partial charge in [-0.1, -0.05) is 46.4 Å². The topological polar surface area (TPSA) is 83.0 Å². The highest BCUT2D eigenvalue weighted by atomic mass is 35.5. The van der Waals surface area contributed by atoms with Gasteiger partial charge in [-0.3, -0.25) is 4.79 Å². The van der Waals surface area contributed by atoms with Crippen molar-refractivity contribution >= 4 is 58.2 Å². The molecule has 0 spiro atoms. The summed E-state index contributed by atoms with van der Waals surface area (Å²) in [5, 5.41) is 8.78. The lowest BCUT2D eigenvalue weighted by atomic mass is 10.1. The number of ketones is 1. The summed E-state index contributed by atoms with van der Waals surface area (Å²) in [6, 6.07) is 1.25. The monoisotopic (exact) mass is 352 g/mol. The molecule has 0 aliphatic carbocycles. The molecule has 9 heteroatoms. The van der Waals surface area contributed by atoms with Crippen LogP contribution in [0.4, 0.5) is 0 Å². The van der Waals surface area contributed by atoms with E-state index in [-0.39, 0.29) is 37.0 Å².